The molecule has 0 aromatic rings. The number of primary amides is 1. The Hall–Kier alpha value is -1.01. The van der Waals surface area contributed by atoms with Crippen LogP contribution in [-0.4, -0.2) is 36.5 Å². The van der Waals surface area contributed by atoms with E-state index in [9.17, 15) is 9.59 Å². The van der Waals surface area contributed by atoms with E-state index in [1.165, 1.54) is 0 Å². The van der Waals surface area contributed by atoms with Crippen LogP contribution in [0.4, 0.5) is 4.79 Å². The van der Waals surface area contributed by atoms with Gasteiger partial charge in [0.2, 0.25) is 5.91 Å². The van der Waals surface area contributed by atoms with Crippen LogP contribution in [0.3, 0.4) is 0 Å². The number of carbonyl (C=O) groups is 2. The maximum atomic E-state index is 10.8. The lowest BCUT2D eigenvalue weighted by Gasteiger charge is -2.02. The molecule has 0 saturated carbocycles. The van der Waals surface area contributed by atoms with Crippen molar-refractivity contribution in [2.75, 3.05) is 24.6 Å². The Kier molecular flexibility index (Phi) is 7.96. The highest BCUT2D eigenvalue weighted by Gasteiger charge is 2.01. The lowest BCUT2D eigenvalue weighted by molar-refractivity contribution is -0.119. The number of thioether (sulfide) groups is 1. The van der Waals surface area contributed by atoms with Crippen LogP contribution in [0.25, 0.3) is 0 Å². The van der Waals surface area contributed by atoms with Crippen LogP contribution < -0.4 is 16.4 Å². The van der Waals surface area contributed by atoms with Gasteiger partial charge in [-0.3, -0.25) is 10.1 Å². The Balaban J connectivity index is 3.23. The summed E-state index contributed by atoms with van der Waals surface area (Å²) in [6.07, 6.45) is 1.82. The van der Waals surface area contributed by atoms with E-state index >= 15 is 0 Å². The number of amides is 3. The van der Waals surface area contributed by atoms with E-state index in [0.717, 1.165) is 11.5 Å². The highest BCUT2D eigenvalue weighted by Crippen LogP contribution is 1.96. The van der Waals surface area contributed by atoms with E-state index in [1.54, 1.807) is 11.8 Å². The third-order valence-corrected chi connectivity index (χ3v) is 2.17. The summed E-state index contributed by atoms with van der Waals surface area (Å²) < 4.78 is 0. The van der Waals surface area contributed by atoms with Gasteiger partial charge in [-0.15, -0.1) is 6.58 Å². The SMILES string of the molecule is C=CCSCCNCC(=O)NC(N)=O. The summed E-state index contributed by atoms with van der Waals surface area (Å²) in [5, 5.41) is 4.83. The van der Waals surface area contributed by atoms with E-state index in [-0.39, 0.29) is 6.54 Å². The fraction of sp³-hybridized carbons (Fsp3) is 0.500. The second-order valence-electron chi connectivity index (χ2n) is 2.45. The molecule has 0 spiro atoms. The number of carbonyl (C=O) groups excluding carboxylic acids is 2. The van der Waals surface area contributed by atoms with Crippen LogP contribution in [0.5, 0.6) is 0 Å². The van der Waals surface area contributed by atoms with Gasteiger partial charge in [0.05, 0.1) is 6.54 Å². The minimum absolute atomic E-state index is 0.109. The molecular weight excluding hydrogens is 202 g/mol. The Morgan fingerprint density at radius 1 is 1.50 bits per heavy atom. The molecule has 0 aromatic carbocycles. The van der Waals surface area contributed by atoms with Crippen molar-refractivity contribution >= 4 is 23.7 Å². The van der Waals surface area contributed by atoms with Crippen LogP contribution >= 0.6 is 11.8 Å². The van der Waals surface area contributed by atoms with Gasteiger partial charge in [0.15, 0.2) is 0 Å². The number of rotatable bonds is 7. The van der Waals surface area contributed by atoms with E-state index in [0.29, 0.717) is 6.54 Å². The first-order valence-corrected chi connectivity index (χ1v) is 5.31. The topological polar surface area (TPSA) is 84.2 Å². The van der Waals surface area contributed by atoms with Crippen molar-refractivity contribution in [1.82, 2.24) is 10.6 Å². The third-order valence-electron chi connectivity index (χ3n) is 1.21. The van der Waals surface area contributed by atoms with E-state index in [2.05, 4.69) is 11.9 Å². The molecule has 4 N–H and O–H groups in total. The van der Waals surface area contributed by atoms with Crippen molar-refractivity contribution in [1.29, 1.82) is 0 Å². The van der Waals surface area contributed by atoms with E-state index in [4.69, 9.17) is 5.73 Å². The zero-order valence-electron chi connectivity index (χ0n) is 7.91. The summed E-state index contributed by atoms with van der Waals surface area (Å²) in [6.45, 7) is 4.40. The van der Waals surface area contributed by atoms with Gasteiger partial charge in [0, 0.05) is 18.1 Å². The maximum Gasteiger partial charge on any atom is 0.318 e. The molecule has 0 aliphatic carbocycles. The standard InChI is InChI=1S/C8H15N3O2S/c1-2-4-14-5-3-10-6-7(12)11-8(9)13/h2,10H,1,3-6H2,(H3,9,11,12,13). The van der Waals surface area contributed by atoms with Gasteiger partial charge in [-0.2, -0.15) is 11.8 Å². The summed E-state index contributed by atoms with van der Waals surface area (Å²) in [6, 6.07) is -0.821. The Labute approximate surface area is 87.5 Å². The molecule has 0 aliphatic rings. The lowest BCUT2D eigenvalue weighted by Crippen LogP contribution is -2.41. The van der Waals surface area contributed by atoms with Gasteiger partial charge < -0.3 is 11.1 Å². The number of urea groups is 1. The second kappa shape index (κ2) is 8.58. The molecule has 0 fully saturated rings. The molecule has 0 aliphatic heterocycles. The van der Waals surface area contributed by atoms with Crippen LogP contribution in [0, 0.1) is 0 Å². The molecule has 0 saturated heterocycles. The second-order valence-corrected chi connectivity index (χ2v) is 3.60. The Morgan fingerprint density at radius 2 is 2.21 bits per heavy atom. The van der Waals surface area contributed by atoms with Gasteiger partial charge >= 0.3 is 6.03 Å². The first-order valence-electron chi connectivity index (χ1n) is 4.15. The zero-order valence-corrected chi connectivity index (χ0v) is 8.73. The predicted octanol–water partition coefficient (Wildman–Crippen LogP) is -0.310. The van der Waals surface area contributed by atoms with Crippen LogP contribution in [0.15, 0.2) is 12.7 Å². The fourth-order valence-corrected chi connectivity index (χ4v) is 1.32. The Bertz CT molecular complexity index is 209. The maximum absolute atomic E-state index is 10.8. The molecule has 0 aromatic heterocycles. The monoisotopic (exact) mass is 217 g/mol. The molecule has 14 heavy (non-hydrogen) atoms. The predicted molar refractivity (Wildman–Crippen MR) is 58.1 cm³/mol. The summed E-state index contributed by atoms with van der Waals surface area (Å²) >= 11 is 1.71. The number of hydrogen-bond donors (Lipinski definition) is 3. The number of hydrogen-bond acceptors (Lipinski definition) is 4. The van der Waals surface area contributed by atoms with Crippen molar-refractivity contribution in [3.05, 3.63) is 12.7 Å². The molecule has 6 heteroatoms. The number of imide groups is 1. The molecule has 0 heterocycles. The molecule has 0 bridgehead atoms. The molecule has 0 atom stereocenters. The van der Waals surface area contributed by atoms with Crippen LogP contribution in [0.2, 0.25) is 0 Å². The van der Waals surface area contributed by atoms with Crippen molar-refractivity contribution < 1.29 is 9.59 Å². The lowest BCUT2D eigenvalue weighted by atomic mass is 10.5. The highest BCUT2D eigenvalue weighted by molar-refractivity contribution is 7.99. The van der Waals surface area contributed by atoms with Crippen molar-refractivity contribution in [3.63, 3.8) is 0 Å². The van der Waals surface area contributed by atoms with Crippen molar-refractivity contribution in [2.45, 2.75) is 0 Å². The molecule has 3 amide bonds. The van der Waals surface area contributed by atoms with Gasteiger partial charge in [0.25, 0.3) is 0 Å². The molecule has 80 valence electrons. The largest absolute Gasteiger partial charge is 0.351 e. The van der Waals surface area contributed by atoms with Crippen molar-refractivity contribution in [3.8, 4) is 0 Å². The van der Waals surface area contributed by atoms with Gasteiger partial charge in [-0.1, -0.05) is 6.08 Å². The highest BCUT2D eigenvalue weighted by atomic mass is 32.2. The minimum Gasteiger partial charge on any atom is -0.351 e. The minimum atomic E-state index is -0.821. The first kappa shape index (κ1) is 13.0. The van der Waals surface area contributed by atoms with E-state index in [1.807, 2.05) is 11.4 Å². The van der Waals surface area contributed by atoms with E-state index < -0.39 is 11.9 Å². The Morgan fingerprint density at radius 3 is 2.79 bits per heavy atom. The molecule has 5 nitrogen and oxygen atoms in total. The van der Waals surface area contributed by atoms with Crippen molar-refractivity contribution in [2.24, 2.45) is 5.73 Å². The van der Waals surface area contributed by atoms with Crippen LogP contribution in [0.1, 0.15) is 0 Å². The quantitative estimate of drug-likeness (QED) is 0.403. The summed E-state index contributed by atoms with van der Waals surface area (Å²) in [7, 11) is 0. The number of nitrogens with one attached hydrogen (secondary N) is 2. The molecular formula is C8H15N3O2S. The summed E-state index contributed by atoms with van der Waals surface area (Å²) in [4.78, 5) is 21.1. The summed E-state index contributed by atoms with van der Waals surface area (Å²) in [5.41, 5.74) is 4.75. The summed E-state index contributed by atoms with van der Waals surface area (Å²) in [5.74, 6) is 1.39. The fourth-order valence-electron chi connectivity index (χ4n) is 0.695. The smallest absolute Gasteiger partial charge is 0.318 e. The third kappa shape index (κ3) is 9.08. The first-order chi connectivity index (χ1) is 6.66. The van der Waals surface area contributed by atoms with Gasteiger partial charge in [0.1, 0.15) is 0 Å². The van der Waals surface area contributed by atoms with Gasteiger partial charge in [-0.25, -0.2) is 4.79 Å². The normalized spacial score (nSPS) is 9.43. The zero-order chi connectivity index (χ0) is 10.8. The molecule has 0 radical (unpaired) electrons. The average Bonchev–Trinajstić information content (AvgIpc) is 2.10. The average molecular weight is 217 g/mol. The number of nitrogens with two attached hydrogens (primary N) is 1. The van der Waals surface area contributed by atoms with Gasteiger partial charge in [-0.05, 0) is 0 Å². The molecule has 0 rings (SSSR count). The molecule has 0 unspecified atom stereocenters. The van der Waals surface area contributed by atoms with Crippen LogP contribution in [-0.2, 0) is 4.79 Å².